The van der Waals surface area contributed by atoms with Crippen molar-refractivity contribution in [3.63, 3.8) is 0 Å². The first-order valence-corrected chi connectivity index (χ1v) is 4.72. The third-order valence-electron chi connectivity index (χ3n) is 2.31. The van der Waals surface area contributed by atoms with E-state index in [9.17, 15) is 0 Å². The van der Waals surface area contributed by atoms with Crippen molar-refractivity contribution in [2.24, 2.45) is 0 Å². The summed E-state index contributed by atoms with van der Waals surface area (Å²) < 4.78 is 10.4. The van der Waals surface area contributed by atoms with Crippen LogP contribution in [0.1, 0.15) is 0 Å². The van der Waals surface area contributed by atoms with Crippen LogP contribution in [0.4, 0.5) is 5.69 Å². The molecule has 0 saturated carbocycles. The SMILES string of the molecule is COc1cncc(N2CCOCC2)c1. The lowest BCUT2D eigenvalue weighted by Gasteiger charge is -2.28. The Bertz CT molecular complexity index is 298. The summed E-state index contributed by atoms with van der Waals surface area (Å²) in [5.74, 6) is 0.800. The molecule has 0 amide bonds. The maximum Gasteiger partial charge on any atom is 0.139 e. The Kier molecular flexibility index (Phi) is 2.84. The van der Waals surface area contributed by atoms with Crippen molar-refractivity contribution in [2.75, 3.05) is 38.3 Å². The molecule has 0 unspecified atom stereocenters. The molecule has 0 bridgehead atoms. The second kappa shape index (κ2) is 4.28. The Morgan fingerprint density at radius 2 is 2.14 bits per heavy atom. The lowest BCUT2D eigenvalue weighted by Crippen LogP contribution is -2.36. The molecule has 2 heterocycles. The van der Waals surface area contributed by atoms with E-state index in [0.717, 1.165) is 37.7 Å². The first-order chi connectivity index (χ1) is 6.90. The molecule has 0 aromatic carbocycles. The van der Waals surface area contributed by atoms with Crippen LogP contribution in [-0.4, -0.2) is 38.4 Å². The van der Waals surface area contributed by atoms with E-state index in [1.165, 1.54) is 0 Å². The van der Waals surface area contributed by atoms with Crippen LogP contribution < -0.4 is 9.64 Å². The summed E-state index contributed by atoms with van der Waals surface area (Å²) in [5.41, 5.74) is 1.10. The van der Waals surface area contributed by atoms with Crippen molar-refractivity contribution < 1.29 is 9.47 Å². The number of nitrogens with zero attached hydrogens (tertiary/aromatic N) is 2. The molecule has 0 atom stereocenters. The second-order valence-corrected chi connectivity index (χ2v) is 3.18. The number of aromatic nitrogens is 1. The second-order valence-electron chi connectivity index (χ2n) is 3.18. The molecule has 2 rings (SSSR count). The van der Waals surface area contributed by atoms with Gasteiger partial charge in [0, 0.05) is 19.2 Å². The summed E-state index contributed by atoms with van der Waals surface area (Å²) in [7, 11) is 1.65. The fourth-order valence-electron chi connectivity index (χ4n) is 1.51. The summed E-state index contributed by atoms with van der Waals surface area (Å²) in [6.45, 7) is 3.43. The van der Waals surface area contributed by atoms with Crippen LogP contribution in [0.15, 0.2) is 18.5 Å². The molecule has 76 valence electrons. The summed E-state index contributed by atoms with van der Waals surface area (Å²) in [5, 5.41) is 0. The van der Waals surface area contributed by atoms with Gasteiger partial charge in [-0.25, -0.2) is 0 Å². The monoisotopic (exact) mass is 194 g/mol. The van der Waals surface area contributed by atoms with Crippen molar-refractivity contribution in [1.82, 2.24) is 4.98 Å². The smallest absolute Gasteiger partial charge is 0.139 e. The van der Waals surface area contributed by atoms with E-state index in [4.69, 9.17) is 9.47 Å². The van der Waals surface area contributed by atoms with Gasteiger partial charge in [-0.2, -0.15) is 0 Å². The quantitative estimate of drug-likeness (QED) is 0.701. The zero-order valence-electron chi connectivity index (χ0n) is 8.27. The zero-order valence-corrected chi connectivity index (χ0v) is 8.27. The van der Waals surface area contributed by atoms with E-state index in [2.05, 4.69) is 9.88 Å². The van der Waals surface area contributed by atoms with Crippen LogP contribution in [0.25, 0.3) is 0 Å². The molecule has 1 saturated heterocycles. The minimum Gasteiger partial charge on any atom is -0.495 e. The summed E-state index contributed by atoms with van der Waals surface area (Å²) in [6.07, 6.45) is 3.57. The van der Waals surface area contributed by atoms with Crippen molar-refractivity contribution >= 4 is 5.69 Å². The molecule has 1 aliphatic rings. The molecule has 0 radical (unpaired) electrons. The van der Waals surface area contributed by atoms with Gasteiger partial charge in [0.25, 0.3) is 0 Å². The molecule has 4 nitrogen and oxygen atoms in total. The predicted molar refractivity (Wildman–Crippen MR) is 53.8 cm³/mol. The molecule has 1 aromatic rings. The molecule has 0 spiro atoms. The van der Waals surface area contributed by atoms with E-state index in [1.807, 2.05) is 12.3 Å². The largest absolute Gasteiger partial charge is 0.495 e. The molecule has 1 aliphatic heterocycles. The van der Waals surface area contributed by atoms with Gasteiger partial charge >= 0.3 is 0 Å². The molecular weight excluding hydrogens is 180 g/mol. The van der Waals surface area contributed by atoms with Gasteiger partial charge in [0.15, 0.2) is 0 Å². The third-order valence-corrected chi connectivity index (χ3v) is 2.31. The van der Waals surface area contributed by atoms with Crippen LogP contribution in [-0.2, 0) is 4.74 Å². The highest BCUT2D eigenvalue weighted by Crippen LogP contribution is 2.19. The van der Waals surface area contributed by atoms with Gasteiger partial charge < -0.3 is 14.4 Å². The van der Waals surface area contributed by atoms with Crippen LogP contribution in [0, 0.1) is 0 Å². The highest BCUT2D eigenvalue weighted by Gasteiger charge is 2.11. The number of pyridine rings is 1. The lowest BCUT2D eigenvalue weighted by atomic mass is 10.3. The zero-order chi connectivity index (χ0) is 9.80. The van der Waals surface area contributed by atoms with E-state index in [-0.39, 0.29) is 0 Å². The van der Waals surface area contributed by atoms with Crippen molar-refractivity contribution in [3.05, 3.63) is 18.5 Å². The molecule has 1 aromatic heterocycles. The van der Waals surface area contributed by atoms with E-state index < -0.39 is 0 Å². The van der Waals surface area contributed by atoms with E-state index in [1.54, 1.807) is 13.3 Å². The highest BCUT2D eigenvalue weighted by atomic mass is 16.5. The summed E-state index contributed by atoms with van der Waals surface area (Å²) in [6, 6.07) is 2.00. The minimum atomic E-state index is 0.789. The van der Waals surface area contributed by atoms with E-state index in [0.29, 0.717) is 0 Å². The first kappa shape index (κ1) is 9.27. The predicted octanol–water partition coefficient (Wildman–Crippen LogP) is 0.927. The van der Waals surface area contributed by atoms with E-state index >= 15 is 0 Å². The molecular formula is C10H14N2O2. The maximum absolute atomic E-state index is 5.28. The number of morpholine rings is 1. The number of ether oxygens (including phenoxy) is 2. The number of hydrogen-bond acceptors (Lipinski definition) is 4. The van der Waals surface area contributed by atoms with Gasteiger partial charge in [-0.15, -0.1) is 0 Å². The molecule has 0 N–H and O–H groups in total. The number of methoxy groups -OCH3 is 1. The molecule has 14 heavy (non-hydrogen) atoms. The fraction of sp³-hybridized carbons (Fsp3) is 0.500. The third kappa shape index (κ3) is 1.96. The van der Waals surface area contributed by atoms with Crippen LogP contribution in [0.2, 0.25) is 0 Å². The highest BCUT2D eigenvalue weighted by molar-refractivity contribution is 5.48. The minimum absolute atomic E-state index is 0.789. The lowest BCUT2D eigenvalue weighted by molar-refractivity contribution is 0.122. The Morgan fingerprint density at radius 3 is 2.86 bits per heavy atom. The number of rotatable bonds is 2. The van der Waals surface area contributed by atoms with Crippen LogP contribution >= 0.6 is 0 Å². The normalized spacial score (nSPS) is 16.8. The van der Waals surface area contributed by atoms with Gasteiger partial charge in [0.2, 0.25) is 0 Å². The topological polar surface area (TPSA) is 34.6 Å². The standard InChI is InChI=1S/C10H14N2O2/c1-13-10-6-9(7-11-8-10)12-2-4-14-5-3-12/h6-8H,2-5H2,1H3. The van der Waals surface area contributed by atoms with Crippen LogP contribution in [0.5, 0.6) is 5.75 Å². The average Bonchev–Trinajstić information content (AvgIpc) is 2.30. The van der Waals surface area contributed by atoms with Gasteiger partial charge in [-0.1, -0.05) is 0 Å². The summed E-state index contributed by atoms with van der Waals surface area (Å²) >= 11 is 0. The van der Waals surface area contributed by atoms with Gasteiger partial charge in [-0.3, -0.25) is 4.98 Å². The van der Waals surface area contributed by atoms with Gasteiger partial charge in [-0.05, 0) is 0 Å². The van der Waals surface area contributed by atoms with Crippen molar-refractivity contribution in [1.29, 1.82) is 0 Å². The van der Waals surface area contributed by atoms with Gasteiger partial charge in [0.05, 0.1) is 38.4 Å². The van der Waals surface area contributed by atoms with Crippen molar-refractivity contribution in [2.45, 2.75) is 0 Å². The van der Waals surface area contributed by atoms with Gasteiger partial charge in [0.1, 0.15) is 5.75 Å². The number of hydrogen-bond donors (Lipinski definition) is 0. The fourth-order valence-corrected chi connectivity index (χ4v) is 1.51. The Morgan fingerprint density at radius 1 is 1.36 bits per heavy atom. The summed E-state index contributed by atoms with van der Waals surface area (Å²) in [4.78, 5) is 6.37. The Hall–Kier alpha value is -1.29. The first-order valence-electron chi connectivity index (χ1n) is 4.72. The molecule has 4 heteroatoms. The average molecular weight is 194 g/mol. The Labute approximate surface area is 83.5 Å². The molecule has 0 aliphatic carbocycles. The number of anilines is 1. The molecule has 1 fully saturated rings. The van der Waals surface area contributed by atoms with Crippen LogP contribution in [0.3, 0.4) is 0 Å². The maximum atomic E-state index is 5.28. The Balaban J connectivity index is 2.13. The van der Waals surface area contributed by atoms with Crippen molar-refractivity contribution in [3.8, 4) is 5.75 Å².